The van der Waals surface area contributed by atoms with Crippen molar-refractivity contribution in [2.45, 2.75) is 57.2 Å². The number of carbonyl (C=O) groups excluding carboxylic acids is 4. The highest BCUT2D eigenvalue weighted by molar-refractivity contribution is 7.14. The second-order valence-corrected chi connectivity index (χ2v) is 11.2. The van der Waals surface area contributed by atoms with Gasteiger partial charge in [-0.25, -0.2) is 14.7 Å². The predicted molar refractivity (Wildman–Crippen MR) is 156 cm³/mol. The minimum Gasteiger partial charge on any atom is -0.393 e. The molecule has 0 spiro atoms. The smallest absolute Gasteiger partial charge is 0.325 e. The summed E-state index contributed by atoms with van der Waals surface area (Å²) in [5.74, 6) is -1.76. The molecule has 2 aromatic carbocycles. The fraction of sp³-hybridized carbons (Fsp3) is 0.367. The molecule has 2 aliphatic rings. The molecule has 11 heteroatoms. The molecule has 2 saturated heterocycles. The molecular weight excluding hydrogens is 542 g/mol. The lowest BCUT2D eigenvalue weighted by atomic mass is 9.91. The molecule has 4 amide bonds. The normalized spacial score (nSPS) is 19.1. The van der Waals surface area contributed by atoms with E-state index in [0.717, 1.165) is 40.6 Å². The zero-order valence-corrected chi connectivity index (χ0v) is 23.8. The van der Waals surface area contributed by atoms with Crippen molar-refractivity contribution in [1.29, 1.82) is 0 Å². The number of aliphatic hydroxyl groups is 1. The minimum atomic E-state index is -1.16. The molecular formula is C30H33N5O5S. The summed E-state index contributed by atoms with van der Waals surface area (Å²) in [6, 6.07) is 13.9. The molecule has 3 aromatic rings. The first-order valence-corrected chi connectivity index (χ1v) is 14.7. The van der Waals surface area contributed by atoms with Crippen LogP contribution in [0.2, 0.25) is 0 Å². The van der Waals surface area contributed by atoms with E-state index in [0.29, 0.717) is 18.4 Å². The Labute approximate surface area is 242 Å². The number of aliphatic hydroxyl groups excluding tert-OH is 1. The SMILES string of the molecule is CCC(=O)c1csc(NC(=O)[C@H]([C@@H](C)c2ccccc2)N2C(=O)NC(c3ccc(N4CCC(O)CC4)cc3)C2=O)n1. The number of amides is 4. The van der Waals surface area contributed by atoms with Crippen molar-refractivity contribution < 1.29 is 24.3 Å². The van der Waals surface area contributed by atoms with Crippen LogP contribution in [0.4, 0.5) is 15.6 Å². The van der Waals surface area contributed by atoms with Crippen LogP contribution in [0.15, 0.2) is 60.0 Å². The number of Topliss-reactive ketones (excluding diaryl/α,β-unsaturated/α-hetero) is 1. The van der Waals surface area contributed by atoms with E-state index in [-0.39, 0.29) is 29.1 Å². The van der Waals surface area contributed by atoms with Crippen molar-refractivity contribution in [1.82, 2.24) is 15.2 Å². The molecule has 1 unspecified atom stereocenters. The first-order chi connectivity index (χ1) is 19.8. The second kappa shape index (κ2) is 12.2. The number of nitrogens with one attached hydrogen (secondary N) is 2. The lowest BCUT2D eigenvalue weighted by Crippen LogP contribution is -2.50. The molecule has 5 rings (SSSR count). The van der Waals surface area contributed by atoms with E-state index in [4.69, 9.17) is 0 Å². The topological polar surface area (TPSA) is 132 Å². The van der Waals surface area contributed by atoms with Crippen LogP contribution >= 0.6 is 11.3 Å². The number of imide groups is 1. The summed E-state index contributed by atoms with van der Waals surface area (Å²) in [6.07, 6.45) is 1.42. The van der Waals surface area contributed by atoms with Crippen LogP contribution in [-0.4, -0.2) is 63.9 Å². The minimum absolute atomic E-state index is 0.142. The Bertz CT molecular complexity index is 1420. The number of rotatable bonds is 9. The number of benzene rings is 2. The summed E-state index contributed by atoms with van der Waals surface area (Å²) in [5, 5.41) is 17.1. The summed E-state index contributed by atoms with van der Waals surface area (Å²) in [6.45, 7) is 5.02. The molecule has 0 radical (unpaired) electrons. The van der Waals surface area contributed by atoms with Gasteiger partial charge in [-0.1, -0.05) is 56.3 Å². The van der Waals surface area contributed by atoms with Crippen LogP contribution in [0.5, 0.6) is 0 Å². The number of carbonyl (C=O) groups is 4. The number of urea groups is 1. The van der Waals surface area contributed by atoms with E-state index in [2.05, 4.69) is 20.5 Å². The van der Waals surface area contributed by atoms with Crippen LogP contribution in [0.1, 0.15) is 66.7 Å². The Morgan fingerprint density at radius 3 is 2.44 bits per heavy atom. The fourth-order valence-electron chi connectivity index (χ4n) is 5.31. The number of hydrogen-bond acceptors (Lipinski definition) is 8. The zero-order chi connectivity index (χ0) is 29.1. The van der Waals surface area contributed by atoms with Crippen molar-refractivity contribution in [2.75, 3.05) is 23.3 Å². The Kier molecular flexibility index (Phi) is 8.46. The van der Waals surface area contributed by atoms with Gasteiger partial charge in [-0.2, -0.15) is 0 Å². The molecule has 3 atom stereocenters. The van der Waals surface area contributed by atoms with Gasteiger partial charge in [0.15, 0.2) is 10.9 Å². The first-order valence-electron chi connectivity index (χ1n) is 13.8. The van der Waals surface area contributed by atoms with Gasteiger partial charge in [0.25, 0.3) is 5.91 Å². The molecule has 214 valence electrons. The van der Waals surface area contributed by atoms with Gasteiger partial charge < -0.3 is 20.6 Å². The van der Waals surface area contributed by atoms with Crippen LogP contribution < -0.4 is 15.5 Å². The van der Waals surface area contributed by atoms with Crippen molar-refractivity contribution >= 4 is 45.8 Å². The molecule has 0 aliphatic carbocycles. The van der Waals surface area contributed by atoms with E-state index < -0.39 is 35.8 Å². The average Bonchev–Trinajstić information content (AvgIpc) is 3.57. The molecule has 3 N–H and O–H groups in total. The van der Waals surface area contributed by atoms with Gasteiger partial charge in [0.2, 0.25) is 5.91 Å². The summed E-state index contributed by atoms with van der Waals surface area (Å²) >= 11 is 1.12. The summed E-state index contributed by atoms with van der Waals surface area (Å²) in [7, 11) is 0. The van der Waals surface area contributed by atoms with E-state index in [1.54, 1.807) is 19.2 Å². The maximum Gasteiger partial charge on any atom is 0.325 e. The highest BCUT2D eigenvalue weighted by atomic mass is 32.1. The Hall–Kier alpha value is -4.09. The zero-order valence-electron chi connectivity index (χ0n) is 22.9. The number of piperidine rings is 1. The third-order valence-corrected chi connectivity index (χ3v) is 8.47. The number of aromatic nitrogens is 1. The van der Waals surface area contributed by atoms with Crippen molar-refractivity contribution in [2.24, 2.45) is 0 Å². The Morgan fingerprint density at radius 2 is 1.78 bits per heavy atom. The number of anilines is 2. The number of ketones is 1. The fourth-order valence-corrected chi connectivity index (χ4v) is 6.03. The van der Waals surface area contributed by atoms with Crippen LogP contribution in [0, 0.1) is 0 Å². The summed E-state index contributed by atoms with van der Waals surface area (Å²) in [5.41, 5.74) is 2.64. The maximum absolute atomic E-state index is 13.8. The summed E-state index contributed by atoms with van der Waals surface area (Å²) in [4.78, 5) is 60.2. The summed E-state index contributed by atoms with van der Waals surface area (Å²) < 4.78 is 0. The van der Waals surface area contributed by atoms with Gasteiger partial charge in [0.1, 0.15) is 17.8 Å². The first kappa shape index (κ1) is 28.4. The standard InChI is InChI=1S/C30H33N5O5S/c1-3-24(37)23-17-41-29(31-23)33-27(38)26(18(2)19-7-5-4-6-8-19)35-28(39)25(32-30(35)40)20-9-11-21(12-10-20)34-15-13-22(36)14-16-34/h4-12,17-18,22,25-26,36H,3,13-16H2,1-2H3,(H,32,40)(H,31,33,38)/t18-,25?,26-/m0/s1. The number of nitrogens with zero attached hydrogens (tertiary/aromatic N) is 3. The molecule has 2 aliphatic heterocycles. The lowest BCUT2D eigenvalue weighted by Gasteiger charge is -2.31. The molecule has 41 heavy (non-hydrogen) atoms. The predicted octanol–water partition coefficient (Wildman–Crippen LogP) is 4.10. The quantitative estimate of drug-likeness (QED) is 0.259. The Morgan fingerprint density at radius 1 is 1.10 bits per heavy atom. The van der Waals surface area contributed by atoms with Gasteiger partial charge >= 0.3 is 6.03 Å². The van der Waals surface area contributed by atoms with Gasteiger partial charge in [-0.05, 0) is 36.1 Å². The molecule has 3 heterocycles. The number of thiazole rings is 1. The second-order valence-electron chi connectivity index (χ2n) is 10.3. The van der Waals surface area contributed by atoms with Crippen molar-refractivity contribution in [3.8, 4) is 0 Å². The van der Waals surface area contributed by atoms with E-state index in [1.165, 1.54) is 0 Å². The highest BCUT2D eigenvalue weighted by Crippen LogP contribution is 2.32. The van der Waals surface area contributed by atoms with Crippen LogP contribution in [-0.2, 0) is 9.59 Å². The average molecular weight is 576 g/mol. The highest BCUT2D eigenvalue weighted by Gasteiger charge is 2.47. The number of hydrogen-bond donors (Lipinski definition) is 3. The van der Waals surface area contributed by atoms with E-state index in [1.807, 2.05) is 54.6 Å². The lowest BCUT2D eigenvalue weighted by molar-refractivity contribution is -0.134. The van der Waals surface area contributed by atoms with Gasteiger partial charge in [0, 0.05) is 36.5 Å². The third kappa shape index (κ3) is 6.01. The third-order valence-electron chi connectivity index (χ3n) is 7.71. The largest absolute Gasteiger partial charge is 0.393 e. The molecule has 0 bridgehead atoms. The molecule has 2 fully saturated rings. The van der Waals surface area contributed by atoms with Gasteiger partial charge in [-0.15, -0.1) is 11.3 Å². The molecule has 10 nitrogen and oxygen atoms in total. The monoisotopic (exact) mass is 575 g/mol. The van der Waals surface area contributed by atoms with Crippen LogP contribution in [0.25, 0.3) is 0 Å². The molecule has 1 aromatic heterocycles. The van der Waals surface area contributed by atoms with Gasteiger partial charge in [0.05, 0.1) is 6.10 Å². The molecule has 0 saturated carbocycles. The van der Waals surface area contributed by atoms with Crippen LogP contribution in [0.3, 0.4) is 0 Å². The van der Waals surface area contributed by atoms with Crippen molar-refractivity contribution in [3.05, 3.63) is 76.8 Å². The maximum atomic E-state index is 13.8. The Balaban J connectivity index is 1.39. The van der Waals surface area contributed by atoms with E-state index in [9.17, 15) is 24.3 Å². The van der Waals surface area contributed by atoms with Crippen molar-refractivity contribution in [3.63, 3.8) is 0 Å². The van der Waals surface area contributed by atoms with E-state index >= 15 is 0 Å². The van der Waals surface area contributed by atoms with Gasteiger partial charge in [-0.3, -0.25) is 14.4 Å².